The summed E-state index contributed by atoms with van der Waals surface area (Å²) in [5.74, 6) is -0.311. The zero-order valence-corrected chi connectivity index (χ0v) is 17.7. The van der Waals surface area contributed by atoms with Crippen LogP contribution in [0.5, 0.6) is 0 Å². The Morgan fingerprint density at radius 3 is 2.18 bits per heavy atom. The molecule has 2 aliphatic rings. The highest BCUT2D eigenvalue weighted by molar-refractivity contribution is 5.85. The molecule has 0 unspecified atom stereocenters. The molecule has 1 aromatic rings. The van der Waals surface area contributed by atoms with Gasteiger partial charge in [-0.15, -0.1) is 24.8 Å². The Morgan fingerprint density at radius 2 is 1.61 bits per heavy atom. The van der Waals surface area contributed by atoms with Crippen molar-refractivity contribution in [1.82, 2.24) is 14.8 Å². The fourth-order valence-electron chi connectivity index (χ4n) is 3.83. The predicted octanol–water partition coefficient (Wildman–Crippen LogP) is 2.15. The molecule has 7 nitrogen and oxygen atoms in total. The maximum Gasteiger partial charge on any atom is 0.303 e. The number of halogens is 2. The molecule has 0 aliphatic carbocycles. The van der Waals surface area contributed by atoms with E-state index in [4.69, 9.17) is 5.11 Å². The molecular weight excluding hydrogens is 403 g/mol. The topological polar surface area (TPSA) is 77.0 Å². The van der Waals surface area contributed by atoms with Crippen LogP contribution in [-0.4, -0.2) is 77.6 Å². The van der Waals surface area contributed by atoms with Crippen LogP contribution in [0.25, 0.3) is 0 Å². The van der Waals surface area contributed by atoms with Crippen molar-refractivity contribution in [3.8, 4) is 0 Å². The Bertz CT molecular complexity index is 604. The third-order valence-corrected chi connectivity index (χ3v) is 5.47. The zero-order valence-electron chi connectivity index (χ0n) is 16.0. The van der Waals surface area contributed by atoms with Gasteiger partial charge >= 0.3 is 5.97 Å². The van der Waals surface area contributed by atoms with Gasteiger partial charge in [0.1, 0.15) is 0 Å². The SMILES string of the molecule is Cl.Cl.O=C(O)CC1CCN(C(=O)CCN2CCN(c3ccncc3)CC2)CC1. The smallest absolute Gasteiger partial charge is 0.303 e. The molecule has 0 atom stereocenters. The number of aromatic nitrogens is 1. The normalized spacial score (nSPS) is 18.1. The van der Waals surface area contributed by atoms with Crippen molar-refractivity contribution in [2.24, 2.45) is 5.92 Å². The number of piperidine rings is 1. The van der Waals surface area contributed by atoms with Crippen LogP contribution in [0.4, 0.5) is 5.69 Å². The van der Waals surface area contributed by atoms with Crippen LogP contribution in [-0.2, 0) is 9.59 Å². The fourth-order valence-corrected chi connectivity index (χ4v) is 3.83. The van der Waals surface area contributed by atoms with Crippen LogP contribution in [0.1, 0.15) is 25.7 Å². The van der Waals surface area contributed by atoms with E-state index in [-0.39, 0.29) is 43.1 Å². The number of rotatable bonds is 6. The molecule has 3 rings (SSSR count). The lowest BCUT2D eigenvalue weighted by molar-refractivity contribution is -0.138. The van der Waals surface area contributed by atoms with E-state index in [1.807, 2.05) is 29.4 Å². The first-order valence-electron chi connectivity index (χ1n) is 9.48. The number of nitrogens with zero attached hydrogens (tertiary/aromatic N) is 4. The number of hydrogen-bond acceptors (Lipinski definition) is 5. The lowest BCUT2D eigenvalue weighted by Crippen LogP contribution is -2.47. The summed E-state index contributed by atoms with van der Waals surface area (Å²) in [4.78, 5) is 33.9. The number of carboxylic acids is 1. The number of carboxylic acid groups (broad SMARTS) is 1. The molecule has 3 heterocycles. The van der Waals surface area contributed by atoms with Gasteiger partial charge in [-0.25, -0.2) is 0 Å². The van der Waals surface area contributed by atoms with Crippen LogP contribution < -0.4 is 4.90 Å². The van der Waals surface area contributed by atoms with Gasteiger partial charge in [0.15, 0.2) is 0 Å². The fraction of sp³-hybridized carbons (Fsp3) is 0.632. The number of hydrogen-bond donors (Lipinski definition) is 1. The minimum atomic E-state index is -0.735. The number of carbonyl (C=O) groups is 2. The van der Waals surface area contributed by atoms with E-state index in [2.05, 4.69) is 14.8 Å². The number of anilines is 1. The Morgan fingerprint density at radius 1 is 1.00 bits per heavy atom. The van der Waals surface area contributed by atoms with Crippen molar-refractivity contribution in [2.45, 2.75) is 25.7 Å². The van der Waals surface area contributed by atoms with E-state index in [9.17, 15) is 9.59 Å². The second-order valence-electron chi connectivity index (χ2n) is 7.21. The number of piperazine rings is 1. The molecule has 1 amide bonds. The van der Waals surface area contributed by atoms with E-state index >= 15 is 0 Å². The number of amides is 1. The largest absolute Gasteiger partial charge is 0.481 e. The van der Waals surface area contributed by atoms with E-state index in [1.54, 1.807) is 0 Å². The zero-order chi connectivity index (χ0) is 18.4. The van der Waals surface area contributed by atoms with E-state index in [1.165, 1.54) is 5.69 Å². The van der Waals surface area contributed by atoms with Crippen molar-refractivity contribution in [1.29, 1.82) is 0 Å². The monoisotopic (exact) mass is 432 g/mol. The summed E-state index contributed by atoms with van der Waals surface area (Å²) in [6, 6.07) is 4.07. The summed E-state index contributed by atoms with van der Waals surface area (Å²) in [6.07, 6.45) is 6.04. The molecule has 158 valence electrons. The maximum atomic E-state index is 12.4. The Hall–Kier alpha value is -1.57. The number of pyridine rings is 1. The Kier molecular flexibility index (Phi) is 10.6. The van der Waals surface area contributed by atoms with Gasteiger partial charge in [0, 0.05) is 76.7 Å². The molecular formula is C19H30Cl2N4O3. The van der Waals surface area contributed by atoms with Crippen LogP contribution in [0, 0.1) is 5.92 Å². The van der Waals surface area contributed by atoms with Gasteiger partial charge in [0.05, 0.1) is 0 Å². The van der Waals surface area contributed by atoms with Crippen LogP contribution in [0.3, 0.4) is 0 Å². The van der Waals surface area contributed by atoms with Gasteiger partial charge < -0.3 is 14.9 Å². The lowest BCUT2D eigenvalue weighted by atomic mass is 9.93. The summed E-state index contributed by atoms with van der Waals surface area (Å²) in [7, 11) is 0. The van der Waals surface area contributed by atoms with Gasteiger partial charge in [0.2, 0.25) is 5.91 Å². The van der Waals surface area contributed by atoms with Gasteiger partial charge in [-0.3, -0.25) is 19.5 Å². The highest BCUT2D eigenvalue weighted by atomic mass is 35.5. The maximum absolute atomic E-state index is 12.4. The molecule has 1 aromatic heterocycles. The van der Waals surface area contributed by atoms with Crippen LogP contribution in [0.15, 0.2) is 24.5 Å². The molecule has 1 N–H and O–H groups in total. The van der Waals surface area contributed by atoms with E-state index < -0.39 is 5.97 Å². The van der Waals surface area contributed by atoms with Crippen molar-refractivity contribution < 1.29 is 14.7 Å². The summed E-state index contributed by atoms with van der Waals surface area (Å²) >= 11 is 0. The molecule has 0 spiro atoms. The van der Waals surface area contributed by atoms with Crippen LogP contribution >= 0.6 is 24.8 Å². The van der Waals surface area contributed by atoms with Crippen molar-refractivity contribution >= 4 is 42.4 Å². The second-order valence-corrected chi connectivity index (χ2v) is 7.21. The molecule has 2 aliphatic heterocycles. The average Bonchev–Trinajstić information content (AvgIpc) is 2.67. The highest BCUT2D eigenvalue weighted by Gasteiger charge is 2.25. The number of likely N-dealkylation sites (tertiary alicyclic amines) is 1. The molecule has 0 bridgehead atoms. The van der Waals surface area contributed by atoms with Crippen molar-refractivity contribution in [2.75, 3.05) is 50.7 Å². The molecule has 2 fully saturated rings. The first kappa shape index (κ1) is 24.5. The highest BCUT2D eigenvalue weighted by Crippen LogP contribution is 2.21. The van der Waals surface area contributed by atoms with Crippen molar-refractivity contribution in [3.63, 3.8) is 0 Å². The lowest BCUT2D eigenvalue weighted by Gasteiger charge is -2.36. The minimum Gasteiger partial charge on any atom is -0.481 e. The first-order chi connectivity index (χ1) is 12.6. The minimum absolute atomic E-state index is 0. The van der Waals surface area contributed by atoms with Gasteiger partial charge in [-0.2, -0.15) is 0 Å². The Labute approximate surface area is 178 Å². The third kappa shape index (κ3) is 7.11. The molecule has 0 radical (unpaired) electrons. The number of carbonyl (C=O) groups excluding carboxylic acids is 1. The predicted molar refractivity (Wildman–Crippen MR) is 114 cm³/mol. The van der Waals surface area contributed by atoms with E-state index in [0.29, 0.717) is 19.5 Å². The summed E-state index contributed by atoms with van der Waals surface area (Å²) in [5, 5.41) is 8.87. The van der Waals surface area contributed by atoms with Crippen molar-refractivity contribution in [3.05, 3.63) is 24.5 Å². The number of aliphatic carboxylic acids is 1. The summed E-state index contributed by atoms with van der Waals surface area (Å²) in [6.45, 7) is 6.08. The third-order valence-electron chi connectivity index (χ3n) is 5.47. The molecule has 0 aromatic carbocycles. The first-order valence-corrected chi connectivity index (χ1v) is 9.48. The average molecular weight is 433 g/mol. The molecule has 0 saturated carbocycles. The van der Waals surface area contributed by atoms with Crippen LogP contribution in [0.2, 0.25) is 0 Å². The van der Waals surface area contributed by atoms with E-state index in [0.717, 1.165) is 45.6 Å². The Balaban J connectivity index is 0.00000196. The van der Waals surface area contributed by atoms with Gasteiger partial charge in [0.25, 0.3) is 0 Å². The molecule has 2 saturated heterocycles. The quantitative estimate of drug-likeness (QED) is 0.741. The standard InChI is InChI=1S/C19H28N4O3.2ClH/c24-18(23-9-3-16(4-10-23)15-19(25)26)5-8-21-11-13-22(14-12-21)17-1-6-20-7-2-17;;/h1-2,6-7,16H,3-5,8-15H2,(H,25,26);2*1H. The summed E-state index contributed by atoms with van der Waals surface area (Å²) < 4.78 is 0. The second kappa shape index (κ2) is 12.1. The molecule has 9 heteroatoms. The van der Waals surface area contributed by atoms with Gasteiger partial charge in [-0.05, 0) is 30.9 Å². The summed E-state index contributed by atoms with van der Waals surface area (Å²) in [5.41, 5.74) is 1.21. The van der Waals surface area contributed by atoms with Gasteiger partial charge in [-0.1, -0.05) is 0 Å². The molecule has 28 heavy (non-hydrogen) atoms.